The molecule has 0 N–H and O–H groups in total. The molecule has 1 heterocycles. The predicted molar refractivity (Wildman–Crippen MR) is 59.5 cm³/mol. The number of hydrogen-bond acceptors (Lipinski definition) is 2. The molecular weight excluding hydrogens is 230 g/mol. The third kappa shape index (κ3) is 4.99. The molecule has 2 nitrogen and oxygen atoms in total. The highest BCUT2D eigenvalue weighted by Crippen LogP contribution is 2.16. The fourth-order valence-corrected chi connectivity index (χ4v) is 1.97. The van der Waals surface area contributed by atoms with E-state index in [2.05, 4.69) is 27.8 Å². The highest BCUT2D eigenvalue weighted by Gasteiger charge is 2.15. The maximum Gasteiger partial charge on any atom is 0.0593 e. The molecule has 0 aromatic carbocycles. The quantitative estimate of drug-likeness (QED) is 0.548. The van der Waals surface area contributed by atoms with Crippen LogP contribution in [0, 0.1) is 0 Å². The van der Waals surface area contributed by atoms with E-state index in [4.69, 9.17) is 4.74 Å². The van der Waals surface area contributed by atoms with Gasteiger partial charge in [-0.3, -0.25) is 0 Å². The minimum Gasteiger partial charge on any atom is -0.380 e. The molecule has 0 aromatic heterocycles. The minimum absolute atomic E-state index is 0.750. The topological polar surface area (TPSA) is 12.5 Å². The summed E-state index contributed by atoms with van der Waals surface area (Å²) in [5, 5.41) is 0. The van der Waals surface area contributed by atoms with Gasteiger partial charge < -0.3 is 9.64 Å². The SMILES string of the molecule is CCCOCCN1CCC(Br)CC1. The fourth-order valence-electron chi connectivity index (χ4n) is 1.57. The number of rotatable bonds is 5. The van der Waals surface area contributed by atoms with Crippen LogP contribution in [-0.4, -0.2) is 42.6 Å². The van der Waals surface area contributed by atoms with E-state index in [-0.39, 0.29) is 0 Å². The fraction of sp³-hybridized carbons (Fsp3) is 1.00. The molecule has 1 aliphatic rings. The van der Waals surface area contributed by atoms with Crippen LogP contribution in [0.3, 0.4) is 0 Å². The van der Waals surface area contributed by atoms with Crippen molar-refractivity contribution >= 4 is 15.9 Å². The summed E-state index contributed by atoms with van der Waals surface area (Å²) in [5.41, 5.74) is 0. The smallest absolute Gasteiger partial charge is 0.0593 e. The molecule has 1 rings (SSSR count). The molecule has 0 radical (unpaired) electrons. The van der Waals surface area contributed by atoms with Gasteiger partial charge in [-0.1, -0.05) is 22.9 Å². The van der Waals surface area contributed by atoms with Crippen LogP contribution < -0.4 is 0 Å². The standard InChI is InChI=1S/C10H20BrNO/c1-2-8-13-9-7-12-5-3-10(11)4-6-12/h10H,2-9H2,1H3. The van der Waals surface area contributed by atoms with Gasteiger partial charge >= 0.3 is 0 Å². The zero-order valence-corrected chi connectivity index (χ0v) is 10.1. The molecule has 1 aliphatic heterocycles. The number of piperidine rings is 1. The van der Waals surface area contributed by atoms with Gasteiger partial charge in [0.05, 0.1) is 6.61 Å². The molecule has 0 saturated carbocycles. The summed E-state index contributed by atoms with van der Waals surface area (Å²) in [6.07, 6.45) is 3.70. The van der Waals surface area contributed by atoms with Crippen molar-refractivity contribution in [1.82, 2.24) is 4.90 Å². The summed E-state index contributed by atoms with van der Waals surface area (Å²) in [7, 11) is 0. The van der Waals surface area contributed by atoms with Gasteiger partial charge in [0, 0.05) is 18.0 Å². The van der Waals surface area contributed by atoms with Crippen molar-refractivity contribution < 1.29 is 4.74 Å². The number of ether oxygens (including phenoxy) is 1. The molecule has 0 spiro atoms. The maximum absolute atomic E-state index is 5.46. The summed E-state index contributed by atoms with van der Waals surface area (Å²) in [6, 6.07) is 0. The van der Waals surface area contributed by atoms with Crippen LogP contribution in [0.4, 0.5) is 0 Å². The Morgan fingerprint density at radius 1 is 1.31 bits per heavy atom. The van der Waals surface area contributed by atoms with Gasteiger partial charge in [-0.2, -0.15) is 0 Å². The Hall–Kier alpha value is 0.400. The van der Waals surface area contributed by atoms with E-state index in [1.165, 1.54) is 25.9 Å². The van der Waals surface area contributed by atoms with Crippen molar-refractivity contribution in [2.24, 2.45) is 0 Å². The Kier molecular flexibility index (Phi) is 6.00. The van der Waals surface area contributed by atoms with Crippen molar-refractivity contribution in [3.63, 3.8) is 0 Å². The molecule has 0 aromatic rings. The van der Waals surface area contributed by atoms with Gasteiger partial charge in [-0.15, -0.1) is 0 Å². The van der Waals surface area contributed by atoms with Gasteiger partial charge in [0.15, 0.2) is 0 Å². The van der Waals surface area contributed by atoms with Crippen molar-refractivity contribution in [2.45, 2.75) is 31.0 Å². The van der Waals surface area contributed by atoms with Crippen molar-refractivity contribution in [1.29, 1.82) is 0 Å². The largest absolute Gasteiger partial charge is 0.380 e. The Bertz CT molecular complexity index is 124. The molecular formula is C10H20BrNO. The molecule has 0 unspecified atom stereocenters. The Morgan fingerprint density at radius 2 is 2.00 bits per heavy atom. The molecule has 13 heavy (non-hydrogen) atoms. The van der Waals surface area contributed by atoms with Gasteiger partial charge in [0.1, 0.15) is 0 Å². The van der Waals surface area contributed by atoms with E-state index in [0.717, 1.165) is 31.0 Å². The second-order valence-electron chi connectivity index (χ2n) is 3.63. The molecule has 0 aliphatic carbocycles. The zero-order chi connectivity index (χ0) is 9.52. The Balaban J connectivity index is 1.96. The average Bonchev–Trinajstić information content (AvgIpc) is 2.15. The Labute approximate surface area is 89.8 Å². The van der Waals surface area contributed by atoms with E-state index in [9.17, 15) is 0 Å². The third-order valence-electron chi connectivity index (χ3n) is 2.42. The average molecular weight is 250 g/mol. The van der Waals surface area contributed by atoms with E-state index >= 15 is 0 Å². The first-order valence-electron chi connectivity index (χ1n) is 5.27. The first-order valence-corrected chi connectivity index (χ1v) is 6.18. The lowest BCUT2D eigenvalue weighted by Gasteiger charge is -2.29. The van der Waals surface area contributed by atoms with Crippen molar-refractivity contribution in [2.75, 3.05) is 32.8 Å². The van der Waals surface area contributed by atoms with Crippen molar-refractivity contribution in [3.8, 4) is 0 Å². The van der Waals surface area contributed by atoms with Crippen LogP contribution in [-0.2, 0) is 4.74 Å². The van der Waals surface area contributed by atoms with Gasteiger partial charge in [0.25, 0.3) is 0 Å². The highest BCUT2D eigenvalue weighted by molar-refractivity contribution is 9.09. The van der Waals surface area contributed by atoms with Crippen LogP contribution in [0.25, 0.3) is 0 Å². The van der Waals surface area contributed by atoms with E-state index in [1.807, 2.05) is 0 Å². The molecule has 3 heteroatoms. The predicted octanol–water partition coefficient (Wildman–Crippen LogP) is 2.27. The lowest BCUT2D eigenvalue weighted by atomic mass is 10.1. The zero-order valence-electron chi connectivity index (χ0n) is 8.47. The lowest BCUT2D eigenvalue weighted by Crippen LogP contribution is -2.36. The van der Waals surface area contributed by atoms with Gasteiger partial charge in [-0.05, 0) is 32.4 Å². The lowest BCUT2D eigenvalue weighted by molar-refractivity contribution is 0.0978. The number of halogens is 1. The molecule has 78 valence electrons. The van der Waals surface area contributed by atoms with E-state index < -0.39 is 0 Å². The van der Waals surface area contributed by atoms with E-state index in [1.54, 1.807) is 0 Å². The van der Waals surface area contributed by atoms with E-state index in [0.29, 0.717) is 0 Å². The summed E-state index contributed by atoms with van der Waals surface area (Å²) < 4.78 is 5.46. The summed E-state index contributed by atoms with van der Waals surface area (Å²) in [6.45, 7) is 7.53. The van der Waals surface area contributed by atoms with Crippen LogP contribution in [0.15, 0.2) is 0 Å². The van der Waals surface area contributed by atoms with Crippen LogP contribution >= 0.6 is 15.9 Å². The Morgan fingerprint density at radius 3 is 2.62 bits per heavy atom. The summed E-state index contributed by atoms with van der Waals surface area (Å²) in [5.74, 6) is 0. The van der Waals surface area contributed by atoms with Gasteiger partial charge in [0.2, 0.25) is 0 Å². The van der Waals surface area contributed by atoms with Crippen LogP contribution in [0.1, 0.15) is 26.2 Å². The normalized spacial score (nSPS) is 20.8. The molecule has 0 amide bonds. The minimum atomic E-state index is 0.750. The number of alkyl halides is 1. The number of nitrogens with zero attached hydrogens (tertiary/aromatic N) is 1. The van der Waals surface area contributed by atoms with Crippen LogP contribution in [0.5, 0.6) is 0 Å². The molecule has 0 bridgehead atoms. The highest BCUT2D eigenvalue weighted by atomic mass is 79.9. The molecule has 0 atom stereocenters. The second-order valence-corrected chi connectivity index (χ2v) is 4.92. The number of hydrogen-bond donors (Lipinski definition) is 0. The monoisotopic (exact) mass is 249 g/mol. The molecule has 1 fully saturated rings. The first kappa shape index (κ1) is 11.5. The second kappa shape index (κ2) is 6.80. The summed E-state index contributed by atoms with van der Waals surface area (Å²) >= 11 is 3.65. The third-order valence-corrected chi connectivity index (χ3v) is 3.33. The van der Waals surface area contributed by atoms with Crippen molar-refractivity contribution in [3.05, 3.63) is 0 Å². The summed E-state index contributed by atoms with van der Waals surface area (Å²) in [4.78, 5) is 3.24. The maximum atomic E-state index is 5.46. The molecule has 1 saturated heterocycles. The van der Waals surface area contributed by atoms with Crippen LogP contribution in [0.2, 0.25) is 0 Å². The van der Waals surface area contributed by atoms with Gasteiger partial charge in [-0.25, -0.2) is 0 Å². The first-order chi connectivity index (χ1) is 6.33. The number of likely N-dealkylation sites (tertiary alicyclic amines) is 1.